The average molecular weight is 391 g/mol. The fraction of sp³-hybridized carbons (Fsp3) is 0.350. The fourth-order valence-corrected chi connectivity index (χ4v) is 3.14. The molecule has 0 spiro atoms. The molecule has 0 bridgehead atoms. The third-order valence-corrected chi connectivity index (χ3v) is 4.56. The fourth-order valence-electron chi connectivity index (χ4n) is 3.14. The number of nitrogens with one attached hydrogen (secondary N) is 1. The van der Waals surface area contributed by atoms with E-state index >= 15 is 0 Å². The molecule has 0 aliphatic carbocycles. The van der Waals surface area contributed by atoms with Crippen molar-refractivity contribution in [3.8, 4) is 11.5 Å². The van der Waals surface area contributed by atoms with Crippen molar-refractivity contribution in [3.63, 3.8) is 0 Å². The molecule has 6 nitrogen and oxygen atoms in total. The Kier molecular flexibility index (Phi) is 6.18. The first-order valence-corrected chi connectivity index (χ1v) is 8.96. The number of hydrogen-bond donors (Lipinski definition) is 1. The largest absolute Gasteiger partial charge is 0.493 e. The molecule has 150 valence electrons. The molecule has 1 heterocycles. The third-order valence-electron chi connectivity index (χ3n) is 4.56. The third kappa shape index (κ3) is 4.82. The van der Waals surface area contributed by atoms with Crippen molar-refractivity contribution >= 4 is 17.4 Å². The van der Waals surface area contributed by atoms with E-state index in [0.29, 0.717) is 18.8 Å². The molecule has 3 rings (SSSR count). The zero-order valence-electron chi connectivity index (χ0n) is 15.8. The van der Waals surface area contributed by atoms with Crippen LogP contribution in [0.3, 0.4) is 0 Å². The highest BCUT2D eigenvalue weighted by Crippen LogP contribution is 2.31. The molecule has 0 unspecified atom stereocenters. The molecule has 2 aromatic rings. The normalized spacial score (nSPS) is 14.2. The lowest BCUT2D eigenvalue weighted by Crippen LogP contribution is -2.50. The molecule has 0 radical (unpaired) electrons. The maximum Gasteiger partial charge on any atom is 0.387 e. The molecule has 0 saturated carbocycles. The number of anilines is 2. The van der Waals surface area contributed by atoms with Crippen molar-refractivity contribution in [1.82, 2.24) is 4.90 Å². The van der Waals surface area contributed by atoms with E-state index in [1.165, 1.54) is 24.8 Å². The Labute approximate surface area is 162 Å². The molecule has 2 aromatic carbocycles. The van der Waals surface area contributed by atoms with Crippen LogP contribution in [0.5, 0.6) is 11.5 Å². The molecule has 8 heteroatoms. The van der Waals surface area contributed by atoms with E-state index in [-0.39, 0.29) is 17.5 Å². The highest BCUT2D eigenvalue weighted by atomic mass is 19.3. The number of benzene rings is 2. The van der Waals surface area contributed by atoms with Gasteiger partial charge in [0.1, 0.15) is 0 Å². The number of carbonyl (C=O) groups excluding carboxylic acids is 1. The number of methoxy groups -OCH3 is 1. The van der Waals surface area contributed by atoms with Crippen LogP contribution in [-0.2, 0) is 0 Å². The predicted molar refractivity (Wildman–Crippen MR) is 104 cm³/mol. The first-order valence-electron chi connectivity index (χ1n) is 8.96. The van der Waals surface area contributed by atoms with Gasteiger partial charge in [0.05, 0.1) is 7.11 Å². The maximum absolute atomic E-state index is 12.5. The summed E-state index contributed by atoms with van der Waals surface area (Å²) in [5.41, 5.74) is 2.70. The van der Waals surface area contributed by atoms with Crippen LogP contribution in [0.4, 0.5) is 25.0 Å². The average Bonchev–Trinajstić information content (AvgIpc) is 2.68. The second-order valence-electron chi connectivity index (χ2n) is 6.49. The van der Waals surface area contributed by atoms with Gasteiger partial charge in [-0.05, 0) is 36.8 Å². The highest BCUT2D eigenvalue weighted by molar-refractivity contribution is 5.90. The summed E-state index contributed by atoms with van der Waals surface area (Å²) in [6.07, 6.45) is 0. The number of piperazine rings is 1. The smallest absolute Gasteiger partial charge is 0.387 e. The second kappa shape index (κ2) is 8.77. The van der Waals surface area contributed by atoms with Crippen LogP contribution in [0.25, 0.3) is 0 Å². The Bertz CT molecular complexity index is 824. The van der Waals surface area contributed by atoms with Gasteiger partial charge in [-0.25, -0.2) is 4.79 Å². The van der Waals surface area contributed by atoms with Crippen LogP contribution in [0, 0.1) is 6.92 Å². The van der Waals surface area contributed by atoms with E-state index in [1.54, 1.807) is 11.0 Å². The number of ether oxygens (including phenoxy) is 2. The van der Waals surface area contributed by atoms with E-state index in [1.807, 2.05) is 19.1 Å². The number of alkyl halides is 2. The quantitative estimate of drug-likeness (QED) is 0.838. The van der Waals surface area contributed by atoms with Crippen molar-refractivity contribution in [3.05, 3.63) is 48.0 Å². The lowest BCUT2D eigenvalue weighted by molar-refractivity contribution is -0.0511. The number of halogens is 2. The molecule has 0 atom stereocenters. The molecule has 0 aromatic heterocycles. The number of aryl methyl sites for hydroxylation is 1. The van der Waals surface area contributed by atoms with E-state index in [4.69, 9.17) is 4.74 Å². The van der Waals surface area contributed by atoms with Gasteiger partial charge in [0.15, 0.2) is 11.5 Å². The van der Waals surface area contributed by atoms with Gasteiger partial charge < -0.3 is 24.6 Å². The Hall–Kier alpha value is -3.03. The van der Waals surface area contributed by atoms with Crippen molar-refractivity contribution in [2.24, 2.45) is 0 Å². The SMILES string of the molecule is COc1ccc(NC(=O)N2CCN(c3cccc(C)c3)CC2)cc1OC(F)F. The van der Waals surface area contributed by atoms with Crippen molar-refractivity contribution < 1.29 is 23.0 Å². The van der Waals surface area contributed by atoms with Crippen LogP contribution in [0.1, 0.15) is 5.56 Å². The van der Waals surface area contributed by atoms with Crippen LogP contribution in [-0.4, -0.2) is 50.8 Å². The molecule has 1 saturated heterocycles. The minimum Gasteiger partial charge on any atom is -0.493 e. The summed E-state index contributed by atoms with van der Waals surface area (Å²) in [6, 6.07) is 12.4. The minimum atomic E-state index is -2.98. The van der Waals surface area contributed by atoms with Crippen molar-refractivity contribution in [2.45, 2.75) is 13.5 Å². The Morgan fingerprint density at radius 3 is 2.46 bits per heavy atom. The van der Waals surface area contributed by atoms with E-state index in [9.17, 15) is 13.6 Å². The molecular weight excluding hydrogens is 368 g/mol. The van der Waals surface area contributed by atoms with Gasteiger partial charge in [-0.3, -0.25) is 0 Å². The number of hydrogen-bond acceptors (Lipinski definition) is 4. The van der Waals surface area contributed by atoms with E-state index in [0.717, 1.165) is 18.8 Å². The van der Waals surface area contributed by atoms with Crippen LogP contribution >= 0.6 is 0 Å². The maximum atomic E-state index is 12.5. The lowest BCUT2D eigenvalue weighted by Gasteiger charge is -2.36. The predicted octanol–water partition coefficient (Wildman–Crippen LogP) is 3.96. The van der Waals surface area contributed by atoms with E-state index in [2.05, 4.69) is 27.1 Å². The summed E-state index contributed by atoms with van der Waals surface area (Å²) in [4.78, 5) is 16.5. The molecular formula is C20H23F2N3O3. The topological polar surface area (TPSA) is 54.0 Å². The Morgan fingerprint density at radius 1 is 1.07 bits per heavy atom. The summed E-state index contributed by atoms with van der Waals surface area (Å²) >= 11 is 0. The number of urea groups is 1. The molecule has 1 aliphatic rings. The minimum absolute atomic E-state index is 0.125. The molecule has 1 N–H and O–H groups in total. The lowest BCUT2D eigenvalue weighted by atomic mass is 10.2. The highest BCUT2D eigenvalue weighted by Gasteiger charge is 2.22. The molecule has 28 heavy (non-hydrogen) atoms. The zero-order chi connectivity index (χ0) is 20.1. The monoisotopic (exact) mass is 391 g/mol. The Balaban J connectivity index is 1.60. The van der Waals surface area contributed by atoms with Crippen molar-refractivity contribution in [1.29, 1.82) is 0 Å². The molecule has 1 fully saturated rings. The van der Waals surface area contributed by atoms with Crippen LogP contribution in [0.2, 0.25) is 0 Å². The van der Waals surface area contributed by atoms with Gasteiger partial charge in [-0.1, -0.05) is 12.1 Å². The summed E-state index contributed by atoms with van der Waals surface area (Å²) in [7, 11) is 1.36. The summed E-state index contributed by atoms with van der Waals surface area (Å²) < 4.78 is 34.5. The van der Waals surface area contributed by atoms with Crippen molar-refractivity contribution in [2.75, 3.05) is 43.5 Å². The van der Waals surface area contributed by atoms with Gasteiger partial charge >= 0.3 is 12.6 Å². The summed E-state index contributed by atoms with van der Waals surface area (Å²) in [5.74, 6) is 0.0460. The standard InChI is InChI=1S/C20H23F2N3O3/c1-14-4-3-5-16(12-14)24-8-10-25(11-9-24)20(26)23-15-6-7-17(27-2)18(13-15)28-19(21)22/h3-7,12-13,19H,8-11H2,1-2H3,(H,23,26). The van der Waals surface area contributed by atoms with Gasteiger partial charge in [0, 0.05) is 43.6 Å². The zero-order valence-corrected chi connectivity index (χ0v) is 15.8. The second-order valence-corrected chi connectivity index (χ2v) is 6.49. The van der Waals surface area contributed by atoms with Crippen LogP contribution < -0.4 is 19.7 Å². The number of amides is 2. The Morgan fingerprint density at radius 2 is 1.82 bits per heavy atom. The molecule has 1 aliphatic heterocycles. The summed E-state index contributed by atoms with van der Waals surface area (Å²) in [6.45, 7) is 1.65. The van der Waals surface area contributed by atoms with Crippen LogP contribution in [0.15, 0.2) is 42.5 Å². The number of nitrogens with zero attached hydrogens (tertiary/aromatic N) is 2. The van der Waals surface area contributed by atoms with Gasteiger partial charge in [0.2, 0.25) is 0 Å². The molecule has 2 amide bonds. The first kappa shape index (κ1) is 19.7. The van der Waals surface area contributed by atoms with Gasteiger partial charge in [0.25, 0.3) is 0 Å². The number of carbonyl (C=O) groups is 1. The van der Waals surface area contributed by atoms with Gasteiger partial charge in [-0.15, -0.1) is 0 Å². The van der Waals surface area contributed by atoms with E-state index < -0.39 is 6.61 Å². The number of rotatable bonds is 5. The first-order chi connectivity index (χ1) is 13.5. The van der Waals surface area contributed by atoms with Gasteiger partial charge in [-0.2, -0.15) is 8.78 Å². The summed E-state index contributed by atoms with van der Waals surface area (Å²) in [5, 5.41) is 2.73.